The Morgan fingerprint density at radius 1 is 0.978 bits per heavy atom. The lowest BCUT2D eigenvalue weighted by molar-refractivity contribution is -0.140. The van der Waals surface area contributed by atoms with Crippen LogP contribution in [0.1, 0.15) is 62.6 Å². The van der Waals surface area contributed by atoms with E-state index in [2.05, 4.69) is 26.1 Å². The number of rotatable bonds is 7. The predicted octanol–water partition coefficient (Wildman–Crippen LogP) is 6.71. The molecule has 1 fully saturated rings. The molecule has 5 atom stereocenters. The number of pyridine rings is 1. The highest BCUT2D eigenvalue weighted by molar-refractivity contribution is 9.10. The van der Waals surface area contributed by atoms with E-state index in [0.29, 0.717) is 24.2 Å². The first-order valence-corrected chi connectivity index (χ1v) is 16.3. The van der Waals surface area contributed by atoms with Gasteiger partial charge in [-0.25, -0.2) is 4.98 Å². The zero-order valence-electron chi connectivity index (χ0n) is 25.5. The van der Waals surface area contributed by atoms with Crippen LogP contribution in [0.2, 0.25) is 5.15 Å². The molecular formula is C35H31BrClN3O6. The van der Waals surface area contributed by atoms with Gasteiger partial charge in [0.05, 0.1) is 22.9 Å². The number of ketones is 3. The summed E-state index contributed by atoms with van der Waals surface area (Å²) in [4.78, 5) is 50.1. The number of benzene rings is 2. The Bertz CT molecular complexity index is 1860. The average molecular weight is 705 g/mol. The van der Waals surface area contributed by atoms with Crippen LogP contribution in [0.25, 0.3) is 0 Å². The molecule has 0 bridgehead atoms. The van der Waals surface area contributed by atoms with Crippen LogP contribution in [0, 0.1) is 23.2 Å². The highest BCUT2D eigenvalue weighted by Gasteiger charge is 2.65. The maximum absolute atomic E-state index is 14.7. The number of hydrogen-bond acceptors (Lipinski definition) is 9. The molecule has 4 aromatic rings. The molecule has 0 aliphatic heterocycles. The van der Waals surface area contributed by atoms with E-state index >= 15 is 0 Å². The first-order valence-electron chi connectivity index (χ1n) is 15.1. The van der Waals surface area contributed by atoms with E-state index in [9.17, 15) is 14.4 Å². The van der Waals surface area contributed by atoms with E-state index < -0.39 is 40.6 Å². The second kappa shape index (κ2) is 11.7. The summed E-state index contributed by atoms with van der Waals surface area (Å²) < 4.78 is 18.3. The van der Waals surface area contributed by atoms with Gasteiger partial charge in [0.15, 0.2) is 33.5 Å². The normalized spacial score (nSPS) is 25.0. The summed E-state index contributed by atoms with van der Waals surface area (Å²) >= 11 is 10.1. The number of carbonyl (C=O) groups is 3. The first-order chi connectivity index (χ1) is 22.1. The minimum atomic E-state index is -1.52. The van der Waals surface area contributed by atoms with Crippen molar-refractivity contribution in [3.63, 3.8) is 0 Å². The van der Waals surface area contributed by atoms with Gasteiger partial charge in [0.1, 0.15) is 23.9 Å². The molecule has 0 amide bonds. The molecule has 0 saturated heterocycles. The Kier molecular flexibility index (Phi) is 7.85. The summed E-state index contributed by atoms with van der Waals surface area (Å²) in [5, 5.41) is 4.34. The molecule has 0 N–H and O–H groups in total. The molecule has 2 aromatic heterocycles. The van der Waals surface area contributed by atoms with Crippen LogP contribution in [-0.2, 0) is 24.4 Å². The molecule has 7 rings (SSSR count). The Balaban J connectivity index is 1.27. The molecule has 2 heterocycles. The predicted molar refractivity (Wildman–Crippen MR) is 172 cm³/mol. The van der Waals surface area contributed by atoms with Gasteiger partial charge in [0, 0.05) is 11.5 Å². The molecule has 0 radical (unpaired) electrons. The van der Waals surface area contributed by atoms with Gasteiger partial charge >= 0.3 is 0 Å². The van der Waals surface area contributed by atoms with E-state index in [1.54, 1.807) is 6.92 Å². The molecule has 3 aliphatic rings. The number of fused-ring (bicyclic) bond motifs is 4. The minimum absolute atomic E-state index is 0.0454. The van der Waals surface area contributed by atoms with Crippen molar-refractivity contribution in [1.82, 2.24) is 15.0 Å². The monoisotopic (exact) mass is 703 g/mol. The number of ether oxygens (including phenoxy) is 2. The summed E-state index contributed by atoms with van der Waals surface area (Å²) in [7, 11) is 3.76. The Morgan fingerprint density at radius 3 is 2.24 bits per heavy atom. The molecule has 11 heteroatoms. The largest absolute Gasteiger partial charge is 0.485 e. The zero-order chi connectivity index (χ0) is 32.3. The lowest BCUT2D eigenvalue weighted by atomic mass is 9.50. The third kappa shape index (κ3) is 4.80. The minimum Gasteiger partial charge on any atom is -0.485 e. The average Bonchev–Trinajstić information content (AvgIpc) is 3.46. The topological polar surface area (TPSA) is 112 Å². The third-order valence-electron chi connectivity index (χ3n) is 9.76. The van der Waals surface area contributed by atoms with Gasteiger partial charge in [0.25, 0.3) is 5.88 Å². The summed E-state index contributed by atoms with van der Waals surface area (Å²) in [6.45, 7) is 2.02. The zero-order valence-corrected chi connectivity index (χ0v) is 27.8. The van der Waals surface area contributed by atoms with Crippen molar-refractivity contribution >= 4 is 44.9 Å². The Morgan fingerprint density at radius 2 is 1.61 bits per heavy atom. The summed E-state index contributed by atoms with van der Waals surface area (Å²) in [6.07, 6.45) is 0.757. The van der Waals surface area contributed by atoms with Gasteiger partial charge in [-0.15, -0.1) is 0 Å². The van der Waals surface area contributed by atoms with Crippen molar-refractivity contribution in [1.29, 1.82) is 0 Å². The third-order valence-corrected chi connectivity index (χ3v) is 10.6. The molecule has 2 aromatic carbocycles. The fourth-order valence-electron chi connectivity index (χ4n) is 7.51. The van der Waals surface area contributed by atoms with Crippen molar-refractivity contribution in [3.05, 3.63) is 104 Å². The molecule has 236 valence electrons. The maximum atomic E-state index is 14.7. The second-order valence-corrected chi connectivity index (χ2v) is 13.7. The quantitative estimate of drug-likeness (QED) is 0.153. The van der Waals surface area contributed by atoms with Gasteiger partial charge in [-0.3, -0.25) is 19.3 Å². The van der Waals surface area contributed by atoms with Crippen molar-refractivity contribution in [3.8, 4) is 11.6 Å². The highest BCUT2D eigenvalue weighted by atomic mass is 79.9. The Labute approximate surface area is 279 Å². The van der Waals surface area contributed by atoms with E-state index in [1.165, 1.54) is 0 Å². The van der Waals surface area contributed by atoms with Crippen LogP contribution in [0.4, 0.5) is 0 Å². The fourth-order valence-corrected chi connectivity index (χ4v) is 8.36. The number of carbonyl (C=O) groups excluding carboxylic acids is 3. The van der Waals surface area contributed by atoms with Crippen molar-refractivity contribution in [2.75, 3.05) is 14.1 Å². The summed E-state index contributed by atoms with van der Waals surface area (Å²) in [5.74, 6) is -2.52. The van der Waals surface area contributed by atoms with Gasteiger partial charge in [0.2, 0.25) is 0 Å². The number of halogens is 2. The van der Waals surface area contributed by atoms with Gasteiger partial charge in [-0.2, -0.15) is 0 Å². The molecule has 3 aliphatic carbocycles. The van der Waals surface area contributed by atoms with Gasteiger partial charge in [-0.05, 0) is 72.0 Å². The van der Waals surface area contributed by atoms with E-state index in [0.717, 1.165) is 11.1 Å². The van der Waals surface area contributed by atoms with Crippen LogP contribution >= 0.6 is 27.5 Å². The molecule has 5 unspecified atom stereocenters. The molecule has 1 saturated carbocycles. The smallest absolute Gasteiger partial charge is 0.265 e. The highest BCUT2D eigenvalue weighted by Crippen LogP contribution is 2.59. The van der Waals surface area contributed by atoms with E-state index in [4.69, 9.17) is 25.6 Å². The molecule has 46 heavy (non-hydrogen) atoms. The molecular weight excluding hydrogens is 674 g/mol. The van der Waals surface area contributed by atoms with Crippen LogP contribution in [0.5, 0.6) is 11.6 Å². The first kappa shape index (κ1) is 30.8. The molecule has 9 nitrogen and oxygen atoms in total. The Hall–Kier alpha value is -3.86. The maximum Gasteiger partial charge on any atom is 0.265 e. The second-order valence-electron chi connectivity index (χ2n) is 12.6. The van der Waals surface area contributed by atoms with E-state index in [-0.39, 0.29) is 51.6 Å². The summed E-state index contributed by atoms with van der Waals surface area (Å²) in [6, 6.07) is 18.6. The van der Waals surface area contributed by atoms with Crippen molar-refractivity contribution in [2.24, 2.45) is 23.2 Å². The van der Waals surface area contributed by atoms with Crippen LogP contribution in [-0.4, -0.2) is 46.5 Å². The van der Waals surface area contributed by atoms with E-state index in [1.807, 2.05) is 79.7 Å². The van der Waals surface area contributed by atoms with Crippen LogP contribution in [0.15, 0.2) is 69.8 Å². The number of aromatic nitrogens is 2. The summed E-state index contributed by atoms with van der Waals surface area (Å²) in [5.41, 5.74) is 1.22. The van der Waals surface area contributed by atoms with Crippen LogP contribution in [0.3, 0.4) is 0 Å². The van der Waals surface area contributed by atoms with Crippen molar-refractivity contribution < 1.29 is 28.4 Å². The lowest BCUT2D eigenvalue weighted by Crippen LogP contribution is -2.60. The standard InChI is InChI=1S/C35H31BrClN3O6/c1-35-22(26(40(2)3)28-25(31(35)43)34(39-46-28)45-17-19-12-8-5-9-13-19)15-20-14-21-24(27(41)23(20)30(35)42)29(32(36)38-33(21)37)44-16-18-10-6-4-7-11-18/h4-13,20,22-23,26H,14-17H2,1-3H3. The molecule has 0 spiro atoms. The van der Waals surface area contributed by atoms with Gasteiger partial charge in [-0.1, -0.05) is 72.3 Å². The lowest BCUT2D eigenvalue weighted by Gasteiger charge is -2.52. The fraction of sp³-hybridized carbons (Fsp3) is 0.343. The SMILES string of the molecule is CN(C)C1c2onc(OCc3ccccc3)c2C(=O)C2(C)C(=O)C3C(=O)c4c(c(Cl)nc(Br)c4OCc4ccccc4)CC3CC12. The number of Topliss-reactive ketones (excluding diaryl/α,β-unsaturated/α-hetero) is 3. The number of hydrogen-bond donors (Lipinski definition) is 0. The van der Waals surface area contributed by atoms with Crippen molar-refractivity contribution in [2.45, 2.75) is 39.0 Å². The number of nitrogens with zero attached hydrogens (tertiary/aromatic N) is 3. The van der Waals surface area contributed by atoms with Crippen LogP contribution < -0.4 is 9.47 Å². The van der Waals surface area contributed by atoms with Gasteiger partial charge < -0.3 is 14.0 Å².